The number of fused-ring (bicyclic) bond motifs is 1. The van der Waals surface area contributed by atoms with Crippen LogP contribution in [0.1, 0.15) is 12.8 Å². The second-order valence-electron chi connectivity index (χ2n) is 5.13. The highest BCUT2D eigenvalue weighted by Gasteiger charge is 2.14. The van der Waals surface area contributed by atoms with E-state index in [0.29, 0.717) is 11.9 Å². The summed E-state index contributed by atoms with van der Waals surface area (Å²) in [4.78, 5) is 8.99. The summed E-state index contributed by atoms with van der Waals surface area (Å²) in [6.07, 6.45) is 2.37. The van der Waals surface area contributed by atoms with Gasteiger partial charge in [0.15, 0.2) is 0 Å². The number of nitrogens with one attached hydrogen (secondary N) is 2. The van der Waals surface area contributed by atoms with E-state index in [0.717, 1.165) is 42.9 Å². The summed E-state index contributed by atoms with van der Waals surface area (Å²) in [6, 6.07) is 8.06. The predicted molar refractivity (Wildman–Crippen MR) is 81.1 cm³/mol. The van der Waals surface area contributed by atoms with Crippen LogP contribution in [-0.4, -0.2) is 36.8 Å². The molecule has 5 nitrogen and oxygen atoms in total. The minimum absolute atomic E-state index is 0.565. The lowest BCUT2D eigenvalue weighted by molar-refractivity contribution is 0.0595. The molecule has 1 aromatic carbocycles. The fourth-order valence-corrected chi connectivity index (χ4v) is 2.53. The standard InChI is InChI=1S/C15H20N4O/c1-16-15-18-13-7-3-2-6-12(13)14(19-15)17-9-11-5-4-8-20-10-11/h2-3,6-7,11H,4-5,8-10H2,1H3,(H2,16,17,18,19). The molecule has 0 bridgehead atoms. The number of nitrogens with zero attached hydrogens (tertiary/aromatic N) is 2. The fourth-order valence-electron chi connectivity index (χ4n) is 2.53. The molecule has 106 valence electrons. The van der Waals surface area contributed by atoms with Gasteiger partial charge in [0.2, 0.25) is 5.95 Å². The van der Waals surface area contributed by atoms with Gasteiger partial charge < -0.3 is 15.4 Å². The van der Waals surface area contributed by atoms with Crippen molar-refractivity contribution in [2.24, 2.45) is 5.92 Å². The SMILES string of the molecule is CNc1nc(NCC2CCCOC2)c2ccccc2n1. The van der Waals surface area contributed by atoms with Gasteiger partial charge in [0, 0.05) is 25.6 Å². The maximum absolute atomic E-state index is 5.52. The zero-order valence-corrected chi connectivity index (χ0v) is 11.7. The molecule has 0 amide bonds. The fraction of sp³-hybridized carbons (Fsp3) is 0.467. The van der Waals surface area contributed by atoms with E-state index in [1.165, 1.54) is 6.42 Å². The number of hydrogen-bond donors (Lipinski definition) is 2. The number of anilines is 2. The lowest BCUT2D eigenvalue weighted by Crippen LogP contribution is -2.24. The predicted octanol–water partition coefficient (Wildman–Crippen LogP) is 2.51. The minimum Gasteiger partial charge on any atom is -0.381 e. The molecule has 2 heterocycles. The number of rotatable bonds is 4. The van der Waals surface area contributed by atoms with Crippen LogP contribution >= 0.6 is 0 Å². The Morgan fingerprint density at radius 2 is 2.20 bits per heavy atom. The summed E-state index contributed by atoms with van der Waals surface area (Å²) in [6.45, 7) is 2.63. The van der Waals surface area contributed by atoms with Crippen molar-refractivity contribution in [1.29, 1.82) is 0 Å². The molecule has 1 saturated heterocycles. The first-order chi connectivity index (χ1) is 9.86. The summed E-state index contributed by atoms with van der Waals surface area (Å²) in [5.41, 5.74) is 0.953. The van der Waals surface area contributed by atoms with Crippen molar-refractivity contribution in [3.05, 3.63) is 24.3 Å². The van der Waals surface area contributed by atoms with Crippen LogP contribution in [0, 0.1) is 5.92 Å². The molecule has 1 aromatic heterocycles. The molecular formula is C15H20N4O. The second-order valence-corrected chi connectivity index (χ2v) is 5.13. The van der Waals surface area contributed by atoms with Gasteiger partial charge in [-0.15, -0.1) is 0 Å². The minimum atomic E-state index is 0.565. The molecule has 1 aliphatic heterocycles. The molecule has 1 aliphatic rings. The average Bonchev–Trinajstić information content (AvgIpc) is 2.53. The van der Waals surface area contributed by atoms with E-state index < -0.39 is 0 Å². The van der Waals surface area contributed by atoms with Crippen molar-refractivity contribution in [3.63, 3.8) is 0 Å². The van der Waals surface area contributed by atoms with Gasteiger partial charge >= 0.3 is 0 Å². The Bertz CT molecular complexity index is 581. The van der Waals surface area contributed by atoms with Crippen LogP contribution in [0.5, 0.6) is 0 Å². The lowest BCUT2D eigenvalue weighted by atomic mass is 10.0. The van der Waals surface area contributed by atoms with Crippen molar-refractivity contribution in [2.75, 3.05) is 37.4 Å². The Morgan fingerprint density at radius 1 is 1.30 bits per heavy atom. The number of para-hydroxylation sites is 1. The molecule has 1 fully saturated rings. The highest BCUT2D eigenvalue weighted by molar-refractivity contribution is 5.89. The number of hydrogen-bond acceptors (Lipinski definition) is 5. The van der Waals surface area contributed by atoms with Crippen molar-refractivity contribution >= 4 is 22.7 Å². The zero-order valence-electron chi connectivity index (χ0n) is 11.7. The Hall–Kier alpha value is -1.88. The van der Waals surface area contributed by atoms with E-state index in [-0.39, 0.29) is 0 Å². The summed E-state index contributed by atoms with van der Waals surface area (Å²) >= 11 is 0. The van der Waals surface area contributed by atoms with Crippen LogP contribution in [0.3, 0.4) is 0 Å². The first kappa shape index (κ1) is 13.1. The van der Waals surface area contributed by atoms with Crippen LogP contribution < -0.4 is 10.6 Å². The van der Waals surface area contributed by atoms with Gasteiger partial charge in [-0.2, -0.15) is 4.98 Å². The smallest absolute Gasteiger partial charge is 0.224 e. The van der Waals surface area contributed by atoms with E-state index in [1.807, 2.05) is 25.2 Å². The van der Waals surface area contributed by atoms with E-state index in [4.69, 9.17) is 4.74 Å². The normalized spacial score (nSPS) is 18.9. The van der Waals surface area contributed by atoms with E-state index in [2.05, 4.69) is 26.7 Å². The van der Waals surface area contributed by atoms with Crippen LogP contribution in [0.2, 0.25) is 0 Å². The highest BCUT2D eigenvalue weighted by Crippen LogP contribution is 2.22. The van der Waals surface area contributed by atoms with Crippen molar-refractivity contribution in [3.8, 4) is 0 Å². The van der Waals surface area contributed by atoms with Crippen LogP contribution in [-0.2, 0) is 4.74 Å². The third kappa shape index (κ3) is 2.82. The van der Waals surface area contributed by atoms with Gasteiger partial charge in [-0.1, -0.05) is 12.1 Å². The summed E-state index contributed by atoms with van der Waals surface area (Å²) in [5.74, 6) is 2.10. The van der Waals surface area contributed by atoms with Gasteiger partial charge in [-0.3, -0.25) is 0 Å². The van der Waals surface area contributed by atoms with Crippen molar-refractivity contribution < 1.29 is 4.74 Å². The number of aromatic nitrogens is 2. The van der Waals surface area contributed by atoms with Gasteiger partial charge in [0.05, 0.1) is 12.1 Å². The maximum atomic E-state index is 5.52. The van der Waals surface area contributed by atoms with Gasteiger partial charge in [-0.05, 0) is 30.9 Å². The van der Waals surface area contributed by atoms with Gasteiger partial charge in [0.25, 0.3) is 0 Å². The topological polar surface area (TPSA) is 59.1 Å². The van der Waals surface area contributed by atoms with Crippen molar-refractivity contribution in [1.82, 2.24) is 9.97 Å². The molecule has 0 radical (unpaired) electrons. The molecular weight excluding hydrogens is 252 g/mol. The molecule has 2 N–H and O–H groups in total. The first-order valence-corrected chi connectivity index (χ1v) is 7.13. The summed E-state index contributed by atoms with van der Waals surface area (Å²) in [5, 5.41) is 7.53. The molecule has 3 rings (SSSR count). The molecule has 1 unspecified atom stereocenters. The molecule has 0 aliphatic carbocycles. The molecule has 20 heavy (non-hydrogen) atoms. The Labute approximate surface area is 118 Å². The van der Waals surface area contributed by atoms with Gasteiger partial charge in [-0.25, -0.2) is 4.98 Å². The Balaban J connectivity index is 1.81. The Morgan fingerprint density at radius 3 is 3.00 bits per heavy atom. The van der Waals surface area contributed by atoms with E-state index in [1.54, 1.807) is 0 Å². The van der Waals surface area contributed by atoms with Crippen LogP contribution in [0.15, 0.2) is 24.3 Å². The number of benzene rings is 1. The summed E-state index contributed by atoms with van der Waals surface area (Å²) < 4.78 is 5.52. The third-order valence-electron chi connectivity index (χ3n) is 3.64. The quantitative estimate of drug-likeness (QED) is 0.895. The summed E-state index contributed by atoms with van der Waals surface area (Å²) in [7, 11) is 1.84. The molecule has 0 saturated carbocycles. The first-order valence-electron chi connectivity index (χ1n) is 7.13. The van der Waals surface area contributed by atoms with Gasteiger partial charge in [0.1, 0.15) is 5.82 Å². The van der Waals surface area contributed by atoms with Crippen LogP contribution in [0.25, 0.3) is 10.9 Å². The van der Waals surface area contributed by atoms with Crippen LogP contribution in [0.4, 0.5) is 11.8 Å². The monoisotopic (exact) mass is 272 g/mol. The maximum Gasteiger partial charge on any atom is 0.224 e. The lowest BCUT2D eigenvalue weighted by Gasteiger charge is -2.22. The molecule has 0 spiro atoms. The molecule has 1 atom stereocenters. The van der Waals surface area contributed by atoms with Crippen molar-refractivity contribution in [2.45, 2.75) is 12.8 Å². The van der Waals surface area contributed by atoms with E-state index >= 15 is 0 Å². The second kappa shape index (κ2) is 6.05. The number of ether oxygens (including phenoxy) is 1. The highest BCUT2D eigenvalue weighted by atomic mass is 16.5. The third-order valence-corrected chi connectivity index (χ3v) is 3.64. The Kier molecular flexibility index (Phi) is 3.97. The largest absolute Gasteiger partial charge is 0.381 e. The molecule has 5 heteroatoms. The average molecular weight is 272 g/mol. The zero-order chi connectivity index (χ0) is 13.8. The van der Waals surface area contributed by atoms with E-state index in [9.17, 15) is 0 Å². The molecule has 2 aromatic rings.